The second-order valence-electron chi connectivity index (χ2n) is 7.82. The molecule has 1 aliphatic heterocycles. The van der Waals surface area contributed by atoms with Crippen molar-refractivity contribution in [2.45, 2.75) is 26.4 Å². The molecule has 0 aliphatic carbocycles. The van der Waals surface area contributed by atoms with Gasteiger partial charge in [-0.3, -0.25) is 19.1 Å². The number of anilines is 1. The summed E-state index contributed by atoms with van der Waals surface area (Å²) < 4.78 is 7.45. The summed E-state index contributed by atoms with van der Waals surface area (Å²) in [6.07, 6.45) is 0. The van der Waals surface area contributed by atoms with Gasteiger partial charge in [-0.05, 0) is 48.6 Å². The monoisotopic (exact) mass is 445 g/mol. The summed E-state index contributed by atoms with van der Waals surface area (Å²) in [6.45, 7) is 4.31. The van der Waals surface area contributed by atoms with Crippen LogP contribution in [-0.2, 0) is 20.9 Å². The van der Waals surface area contributed by atoms with Gasteiger partial charge in [-0.1, -0.05) is 42.5 Å². The van der Waals surface area contributed by atoms with Gasteiger partial charge in [-0.2, -0.15) is 0 Å². The Morgan fingerprint density at radius 3 is 2.56 bits per heavy atom. The number of aryl methyl sites for hydroxylation is 1. The molecule has 162 valence electrons. The summed E-state index contributed by atoms with van der Waals surface area (Å²) >= 11 is 1.55. The number of thiophene rings is 1. The van der Waals surface area contributed by atoms with E-state index in [1.54, 1.807) is 23.2 Å². The maximum Gasteiger partial charge on any atom is 0.321 e. The summed E-state index contributed by atoms with van der Waals surface area (Å²) in [5.74, 6) is -1.22. The fraction of sp³-hybridized carbons (Fsp3) is 0.240. The average molecular weight is 446 g/mol. The molecule has 0 saturated heterocycles. The Morgan fingerprint density at radius 2 is 1.84 bits per heavy atom. The van der Waals surface area contributed by atoms with Crippen molar-refractivity contribution in [1.82, 2.24) is 9.55 Å². The summed E-state index contributed by atoms with van der Waals surface area (Å²) in [5.41, 5.74) is 3.69. The fourth-order valence-electron chi connectivity index (χ4n) is 4.38. The third-order valence-electron chi connectivity index (χ3n) is 5.84. The summed E-state index contributed by atoms with van der Waals surface area (Å²) in [5, 5.41) is 1.99. The quantitative estimate of drug-likeness (QED) is 0.329. The highest BCUT2D eigenvalue weighted by Gasteiger charge is 2.48. The Morgan fingerprint density at radius 1 is 1.09 bits per heavy atom. The van der Waals surface area contributed by atoms with E-state index in [2.05, 4.69) is 0 Å². The van der Waals surface area contributed by atoms with Crippen molar-refractivity contribution in [3.8, 4) is 0 Å². The summed E-state index contributed by atoms with van der Waals surface area (Å²) in [7, 11) is 0. The van der Waals surface area contributed by atoms with Crippen molar-refractivity contribution < 1.29 is 14.3 Å². The van der Waals surface area contributed by atoms with Crippen LogP contribution in [0.15, 0.2) is 66.0 Å². The van der Waals surface area contributed by atoms with Crippen LogP contribution in [0.1, 0.15) is 29.0 Å². The molecule has 0 unspecified atom stereocenters. The van der Waals surface area contributed by atoms with Gasteiger partial charge in [0.05, 0.1) is 30.2 Å². The number of aromatic nitrogens is 2. The molecule has 0 spiro atoms. The Hall–Kier alpha value is -3.45. The number of fused-ring (bicyclic) bond motifs is 3. The van der Waals surface area contributed by atoms with Crippen LogP contribution in [0, 0.1) is 12.8 Å². The van der Waals surface area contributed by atoms with Crippen LogP contribution < -0.4 is 4.90 Å². The number of benzene rings is 2. The minimum absolute atomic E-state index is 0.217. The zero-order chi connectivity index (χ0) is 22.2. The molecular formula is C25H23N3O3S. The molecule has 3 heterocycles. The number of imidazole rings is 1. The van der Waals surface area contributed by atoms with Crippen LogP contribution >= 0.6 is 11.3 Å². The lowest BCUT2D eigenvalue weighted by molar-refractivity contribution is -0.153. The molecule has 1 aliphatic rings. The lowest BCUT2D eigenvalue weighted by Gasteiger charge is -2.37. The molecule has 0 bridgehead atoms. The molecule has 6 nitrogen and oxygen atoms in total. The third kappa shape index (κ3) is 3.29. The first-order valence-corrected chi connectivity index (χ1v) is 11.5. The zero-order valence-electron chi connectivity index (χ0n) is 17.9. The van der Waals surface area contributed by atoms with Gasteiger partial charge in [0, 0.05) is 4.88 Å². The van der Waals surface area contributed by atoms with Crippen LogP contribution in [0.3, 0.4) is 0 Å². The van der Waals surface area contributed by atoms with E-state index in [0.29, 0.717) is 12.5 Å². The van der Waals surface area contributed by atoms with Gasteiger partial charge in [0.2, 0.25) is 11.9 Å². The van der Waals surface area contributed by atoms with Crippen LogP contribution in [0.5, 0.6) is 0 Å². The molecular weight excluding hydrogens is 422 g/mol. The van der Waals surface area contributed by atoms with Crippen molar-refractivity contribution in [2.75, 3.05) is 11.5 Å². The molecule has 4 aromatic rings. The highest BCUT2D eigenvalue weighted by molar-refractivity contribution is 7.10. The van der Waals surface area contributed by atoms with Crippen molar-refractivity contribution in [3.05, 3.63) is 82.0 Å². The highest BCUT2D eigenvalue weighted by atomic mass is 32.1. The SMILES string of the molecule is CCOC(=O)[C@@H]1C(=O)N(Cc2ccccc2)c2nc3ccccc3n2[C@H]1c1sccc1C. The Labute approximate surface area is 190 Å². The molecule has 1 amide bonds. The standard InChI is InChI=1S/C25H23N3O3S/c1-3-31-24(30)20-21(22-16(2)13-14-32-22)28-19-12-8-7-11-18(19)26-25(28)27(23(20)29)15-17-9-5-4-6-10-17/h4-14,20-21H,3,15H2,1-2H3/t20-,21+/m0/s1. The second-order valence-corrected chi connectivity index (χ2v) is 8.77. The van der Waals surface area contributed by atoms with Gasteiger partial charge in [0.15, 0.2) is 5.92 Å². The smallest absolute Gasteiger partial charge is 0.321 e. The topological polar surface area (TPSA) is 64.4 Å². The summed E-state index contributed by atoms with van der Waals surface area (Å²) in [6, 6.07) is 19.1. The first-order chi connectivity index (χ1) is 15.6. The van der Waals surface area contributed by atoms with E-state index < -0.39 is 17.9 Å². The number of hydrogen-bond acceptors (Lipinski definition) is 5. The normalized spacial score (nSPS) is 18.1. The van der Waals surface area contributed by atoms with E-state index >= 15 is 0 Å². The Bertz CT molecular complexity index is 1290. The molecule has 2 aromatic carbocycles. The number of carbonyl (C=O) groups excluding carboxylic acids is 2. The summed E-state index contributed by atoms with van der Waals surface area (Å²) in [4.78, 5) is 34.5. The maximum atomic E-state index is 13.9. The average Bonchev–Trinajstić information content (AvgIpc) is 3.39. The molecule has 5 rings (SSSR count). The van der Waals surface area contributed by atoms with Gasteiger partial charge >= 0.3 is 5.97 Å². The van der Waals surface area contributed by atoms with E-state index in [4.69, 9.17) is 9.72 Å². The fourth-order valence-corrected chi connectivity index (χ4v) is 5.43. The van der Waals surface area contributed by atoms with Crippen LogP contribution in [0.4, 0.5) is 5.95 Å². The first-order valence-electron chi connectivity index (χ1n) is 10.6. The molecule has 0 fully saturated rings. The van der Waals surface area contributed by atoms with Crippen molar-refractivity contribution in [3.63, 3.8) is 0 Å². The van der Waals surface area contributed by atoms with Crippen molar-refractivity contribution in [1.29, 1.82) is 0 Å². The van der Waals surface area contributed by atoms with E-state index in [1.807, 2.05) is 77.5 Å². The highest BCUT2D eigenvalue weighted by Crippen LogP contribution is 2.44. The van der Waals surface area contributed by atoms with E-state index in [1.165, 1.54) is 0 Å². The molecule has 0 N–H and O–H groups in total. The number of amides is 1. The Balaban J connectivity index is 1.76. The number of esters is 1. The molecule has 0 saturated carbocycles. The molecule has 0 radical (unpaired) electrons. The van der Waals surface area contributed by atoms with Gasteiger partial charge in [-0.25, -0.2) is 4.98 Å². The molecule has 32 heavy (non-hydrogen) atoms. The number of rotatable bonds is 5. The predicted molar refractivity (Wildman–Crippen MR) is 125 cm³/mol. The lowest BCUT2D eigenvalue weighted by atomic mass is 9.92. The van der Waals surface area contributed by atoms with Crippen molar-refractivity contribution in [2.24, 2.45) is 5.92 Å². The first kappa shape index (κ1) is 20.5. The predicted octanol–water partition coefficient (Wildman–Crippen LogP) is 4.72. The third-order valence-corrected chi connectivity index (χ3v) is 6.93. The largest absolute Gasteiger partial charge is 0.465 e. The van der Waals surface area contributed by atoms with Crippen LogP contribution in [0.2, 0.25) is 0 Å². The number of hydrogen-bond donors (Lipinski definition) is 0. The number of nitrogens with zero attached hydrogens (tertiary/aromatic N) is 3. The van der Waals surface area contributed by atoms with Gasteiger partial charge in [0.1, 0.15) is 0 Å². The van der Waals surface area contributed by atoms with E-state index in [9.17, 15) is 9.59 Å². The van der Waals surface area contributed by atoms with Crippen molar-refractivity contribution >= 4 is 40.2 Å². The maximum absolute atomic E-state index is 13.9. The van der Waals surface area contributed by atoms with Gasteiger partial charge in [0.25, 0.3) is 0 Å². The molecule has 2 atom stereocenters. The number of para-hydroxylation sites is 2. The van der Waals surface area contributed by atoms with Crippen LogP contribution in [0.25, 0.3) is 11.0 Å². The zero-order valence-corrected chi connectivity index (χ0v) is 18.7. The van der Waals surface area contributed by atoms with Gasteiger partial charge < -0.3 is 4.74 Å². The second kappa shape index (κ2) is 8.24. The minimum atomic E-state index is -0.985. The van der Waals surface area contributed by atoms with Gasteiger partial charge in [-0.15, -0.1) is 11.3 Å². The molecule has 7 heteroatoms. The Kier molecular flexibility index (Phi) is 5.27. The number of carbonyl (C=O) groups is 2. The lowest BCUT2D eigenvalue weighted by Crippen LogP contribution is -2.49. The molecule has 2 aromatic heterocycles. The minimum Gasteiger partial charge on any atom is -0.465 e. The number of ether oxygens (including phenoxy) is 1. The van der Waals surface area contributed by atoms with E-state index in [-0.39, 0.29) is 12.5 Å². The van der Waals surface area contributed by atoms with E-state index in [0.717, 1.165) is 27.0 Å². The van der Waals surface area contributed by atoms with Crippen LogP contribution in [-0.4, -0.2) is 28.0 Å².